The first-order valence-corrected chi connectivity index (χ1v) is 3.96. The van der Waals surface area contributed by atoms with Crippen LogP contribution in [0.15, 0.2) is 0 Å². The molecule has 0 saturated heterocycles. The van der Waals surface area contributed by atoms with E-state index in [1.165, 1.54) is 7.11 Å². The molecule has 0 aromatic carbocycles. The van der Waals surface area contributed by atoms with Crippen LogP contribution < -0.4 is 0 Å². The Hall–Kier alpha value is -0.610. The second kappa shape index (κ2) is 5.97. The summed E-state index contributed by atoms with van der Waals surface area (Å²) in [4.78, 5) is 11.0. The number of hydrogen-bond donors (Lipinski definition) is 2. The van der Waals surface area contributed by atoms with Crippen LogP contribution in [0.1, 0.15) is 13.3 Å². The predicted molar refractivity (Wildman–Crippen MR) is 43.5 cm³/mol. The standard InChI is InChI=1S/C8H16O4/c1-6(3-4-9)7(5-10)8(11)12-2/h6-7,9-10H,3-5H2,1-2H3/t6-,7+/m1/s1. The Bertz CT molecular complexity index is 135. The van der Waals surface area contributed by atoms with E-state index in [9.17, 15) is 4.79 Å². The van der Waals surface area contributed by atoms with E-state index in [2.05, 4.69) is 4.74 Å². The Morgan fingerprint density at radius 1 is 1.50 bits per heavy atom. The molecule has 12 heavy (non-hydrogen) atoms. The predicted octanol–water partition coefficient (Wildman–Crippen LogP) is -0.214. The third-order valence-electron chi connectivity index (χ3n) is 1.97. The van der Waals surface area contributed by atoms with Gasteiger partial charge in [0, 0.05) is 6.61 Å². The summed E-state index contributed by atoms with van der Waals surface area (Å²) in [6.45, 7) is 1.59. The Balaban J connectivity index is 4.03. The van der Waals surface area contributed by atoms with Crippen molar-refractivity contribution in [2.24, 2.45) is 11.8 Å². The van der Waals surface area contributed by atoms with Gasteiger partial charge in [0.15, 0.2) is 0 Å². The maximum absolute atomic E-state index is 11.0. The fourth-order valence-corrected chi connectivity index (χ4v) is 1.04. The molecule has 0 radical (unpaired) electrons. The maximum Gasteiger partial charge on any atom is 0.311 e. The molecule has 0 aliphatic carbocycles. The van der Waals surface area contributed by atoms with E-state index in [1.807, 2.05) is 0 Å². The Kier molecular flexibility index (Phi) is 5.66. The molecule has 0 aliphatic rings. The third kappa shape index (κ3) is 3.19. The van der Waals surface area contributed by atoms with E-state index < -0.39 is 11.9 Å². The molecule has 0 spiro atoms. The van der Waals surface area contributed by atoms with Crippen molar-refractivity contribution in [2.75, 3.05) is 20.3 Å². The van der Waals surface area contributed by atoms with Crippen molar-refractivity contribution in [3.8, 4) is 0 Å². The summed E-state index contributed by atoms with van der Waals surface area (Å²) in [6.07, 6.45) is 0.500. The molecule has 0 aromatic rings. The lowest BCUT2D eigenvalue weighted by atomic mass is 9.92. The van der Waals surface area contributed by atoms with Gasteiger partial charge in [0.05, 0.1) is 19.6 Å². The van der Waals surface area contributed by atoms with Crippen molar-refractivity contribution >= 4 is 5.97 Å². The van der Waals surface area contributed by atoms with Crippen LogP contribution in [-0.2, 0) is 9.53 Å². The van der Waals surface area contributed by atoms with Crippen LogP contribution in [0.4, 0.5) is 0 Å². The zero-order valence-corrected chi connectivity index (χ0v) is 7.49. The molecule has 72 valence electrons. The van der Waals surface area contributed by atoms with Gasteiger partial charge in [0.2, 0.25) is 0 Å². The minimum atomic E-state index is -0.512. The van der Waals surface area contributed by atoms with Gasteiger partial charge >= 0.3 is 5.97 Å². The zero-order chi connectivity index (χ0) is 9.56. The van der Waals surface area contributed by atoms with Gasteiger partial charge in [0.25, 0.3) is 0 Å². The molecule has 0 heterocycles. The van der Waals surface area contributed by atoms with Crippen molar-refractivity contribution in [1.82, 2.24) is 0 Å². The van der Waals surface area contributed by atoms with Crippen LogP contribution in [0.25, 0.3) is 0 Å². The van der Waals surface area contributed by atoms with Crippen LogP contribution in [0.3, 0.4) is 0 Å². The molecule has 4 heteroatoms. The first kappa shape index (κ1) is 11.4. The average molecular weight is 176 g/mol. The summed E-state index contributed by atoms with van der Waals surface area (Å²) in [6, 6.07) is 0. The number of ether oxygens (including phenoxy) is 1. The second-order valence-corrected chi connectivity index (χ2v) is 2.80. The molecule has 0 aliphatic heterocycles. The van der Waals surface area contributed by atoms with E-state index in [0.717, 1.165) is 0 Å². The van der Waals surface area contributed by atoms with Gasteiger partial charge in [0.1, 0.15) is 0 Å². The van der Waals surface area contributed by atoms with Gasteiger partial charge < -0.3 is 14.9 Å². The average Bonchev–Trinajstić information content (AvgIpc) is 2.06. The summed E-state index contributed by atoms with van der Waals surface area (Å²) >= 11 is 0. The number of hydrogen-bond acceptors (Lipinski definition) is 4. The molecule has 0 fully saturated rings. The number of carbonyl (C=O) groups excluding carboxylic acids is 1. The lowest BCUT2D eigenvalue weighted by Crippen LogP contribution is -2.27. The van der Waals surface area contributed by atoms with Gasteiger partial charge in [-0.3, -0.25) is 4.79 Å². The lowest BCUT2D eigenvalue weighted by molar-refractivity contribution is -0.149. The number of aliphatic hydroxyl groups is 2. The molecule has 2 N–H and O–H groups in total. The molecule has 0 amide bonds. The van der Waals surface area contributed by atoms with E-state index >= 15 is 0 Å². The maximum atomic E-state index is 11.0. The molecule has 0 rings (SSSR count). The molecule has 2 atom stereocenters. The normalized spacial score (nSPS) is 15.3. The quantitative estimate of drug-likeness (QED) is 0.569. The second-order valence-electron chi connectivity index (χ2n) is 2.80. The van der Waals surface area contributed by atoms with E-state index in [4.69, 9.17) is 10.2 Å². The minimum Gasteiger partial charge on any atom is -0.469 e. The smallest absolute Gasteiger partial charge is 0.311 e. The minimum absolute atomic E-state index is 0.0225. The highest BCUT2D eigenvalue weighted by Crippen LogP contribution is 2.15. The lowest BCUT2D eigenvalue weighted by Gasteiger charge is -2.18. The number of rotatable bonds is 5. The number of aliphatic hydroxyl groups excluding tert-OH is 2. The Labute approximate surface area is 72.2 Å². The highest BCUT2D eigenvalue weighted by atomic mass is 16.5. The summed E-state index contributed by atoms with van der Waals surface area (Å²) in [5.74, 6) is -0.979. The highest BCUT2D eigenvalue weighted by Gasteiger charge is 2.24. The third-order valence-corrected chi connectivity index (χ3v) is 1.97. The summed E-state index contributed by atoms with van der Waals surface area (Å²) < 4.78 is 4.49. The number of carbonyl (C=O) groups is 1. The number of esters is 1. The monoisotopic (exact) mass is 176 g/mol. The molecular formula is C8H16O4. The van der Waals surface area contributed by atoms with Gasteiger partial charge in [-0.05, 0) is 12.3 Å². The van der Waals surface area contributed by atoms with Crippen LogP contribution in [0.5, 0.6) is 0 Å². The fraction of sp³-hybridized carbons (Fsp3) is 0.875. The van der Waals surface area contributed by atoms with Crippen molar-refractivity contribution in [3.63, 3.8) is 0 Å². The Morgan fingerprint density at radius 2 is 2.08 bits per heavy atom. The topological polar surface area (TPSA) is 66.8 Å². The van der Waals surface area contributed by atoms with Crippen molar-refractivity contribution in [3.05, 3.63) is 0 Å². The van der Waals surface area contributed by atoms with E-state index in [1.54, 1.807) is 6.92 Å². The van der Waals surface area contributed by atoms with Gasteiger partial charge in [-0.2, -0.15) is 0 Å². The summed E-state index contributed by atoms with van der Waals surface area (Å²) in [7, 11) is 1.29. The van der Waals surface area contributed by atoms with Crippen LogP contribution in [-0.4, -0.2) is 36.5 Å². The van der Waals surface area contributed by atoms with Crippen LogP contribution >= 0.6 is 0 Å². The molecule has 4 nitrogen and oxygen atoms in total. The van der Waals surface area contributed by atoms with Crippen molar-refractivity contribution in [2.45, 2.75) is 13.3 Å². The molecule has 0 bridgehead atoms. The van der Waals surface area contributed by atoms with E-state index in [-0.39, 0.29) is 19.1 Å². The van der Waals surface area contributed by atoms with Gasteiger partial charge in [-0.1, -0.05) is 6.92 Å². The molecular weight excluding hydrogens is 160 g/mol. The van der Waals surface area contributed by atoms with Gasteiger partial charge in [-0.15, -0.1) is 0 Å². The molecule has 0 saturated carbocycles. The van der Waals surface area contributed by atoms with Crippen molar-refractivity contribution in [1.29, 1.82) is 0 Å². The fourth-order valence-electron chi connectivity index (χ4n) is 1.04. The van der Waals surface area contributed by atoms with Gasteiger partial charge in [-0.25, -0.2) is 0 Å². The summed E-state index contributed by atoms with van der Waals surface area (Å²) in [5, 5.41) is 17.4. The largest absolute Gasteiger partial charge is 0.469 e. The first-order chi connectivity index (χ1) is 5.67. The number of methoxy groups -OCH3 is 1. The zero-order valence-electron chi connectivity index (χ0n) is 7.49. The van der Waals surface area contributed by atoms with Crippen molar-refractivity contribution < 1.29 is 19.7 Å². The first-order valence-electron chi connectivity index (χ1n) is 3.96. The Morgan fingerprint density at radius 3 is 2.42 bits per heavy atom. The molecule has 0 unspecified atom stereocenters. The summed E-state index contributed by atoms with van der Waals surface area (Å²) in [5.41, 5.74) is 0. The van der Waals surface area contributed by atoms with E-state index in [0.29, 0.717) is 6.42 Å². The SMILES string of the molecule is COC(=O)[C@@H](CO)[C@H](C)CCO. The molecule has 0 aromatic heterocycles. The van der Waals surface area contributed by atoms with Crippen LogP contribution in [0.2, 0.25) is 0 Å². The van der Waals surface area contributed by atoms with Crippen LogP contribution in [0, 0.1) is 11.8 Å². The highest BCUT2D eigenvalue weighted by molar-refractivity contribution is 5.72.